The number of carbonyl (C=O) groups excluding carboxylic acids is 1. The van der Waals surface area contributed by atoms with Crippen molar-refractivity contribution in [3.05, 3.63) is 35.6 Å². The molecule has 3 aromatic heterocycles. The van der Waals surface area contributed by atoms with Gasteiger partial charge in [-0.15, -0.1) is 21.5 Å². The van der Waals surface area contributed by atoms with Gasteiger partial charge in [-0.1, -0.05) is 11.8 Å². The molecule has 3 heterocycles. The third kappa shape index (κ3) is 3.62. The SMILES string of the molecule is Cc1csc(NC(=O)[C@@H](C)Sc2nnc(-c3cccnc3)n2C)n1. The van der Waals surface area contributed by atoms with Crippen molar-refractivity contribution in [2.75, 3.05) is 5.32 Å². The van der Waals surface area contributed by atoms with E-state index in [0.29, 0.717) is 16.1 Å². The second kappa shape index (κ2) is 7.10. The van der Waals surface area contributed by atoms with Crippen LogP contribution in [0.25, 0.3) is 11.4 Å². The molecule has 24 heavy (non-hydrogen) atoms. The maximum absolute atomic E-state index is 12.3. The van der Waals surface area contributed by atoms with Gasteiger partial charge in [0.15, 0.2) is 16.1 Å². The van der Waals surface area contributed by atoms with E-state index in [9.17, 15) is 4.79 Å². The first-order chi connectivity index (χ1) is 11.5. The number of thiazole rings is 1. The highest BCUT2D eigenvalue weighted by molar-refractivity contribution is 8.00. The van der Waals surface area contributed by atoms with Crippen molar-refractivity contribution in [2.45, 2.75) is 24.3 Å². The number of anilines is 1. The number of nitrogens with zero attached hydrogens (tertiary/aromatic N) is 5. The van der Waals surface area contributed by atoms with Crippen LogP contribution in [0.1, 0.15) is 12.6 Å². The predicted molar refractivity (Wildman–Crippen MR) is 95.0 cm³/mol. The molecule has 0 bridgehead atoms. The molecule has 1 atom stereocenters. The summed E-state index contributed by atoms with van der Waals surface area (Å²) in [6.45, 7) is 3.72. The minimum absolute atomic E-state index is 0.111. The molecule has 0 aliphatic carbocycles. The summed E-state index contributed by atoms with van der Waals surface area (Å²) in [5, 5.41) is 14.1. The number of aromatic nitrogens is 5. The zero-order chi connectivity index (χ0) is 17.1. The van der Waals surface area contributed by atoms with Crippen LogP contribution < -0.4 is 5.32 Å². The lowest BCUT2D eigenvalue weighted by molar-refractivity contribution is -0.115. The number of rotatable bonds is 5. The van der Waals surface area contributed by atoms with Crippen molar-refractivity contribution in [3.8, 4) is 11.4 Å². The van der Waals surface area contributed by atoms with Crippen LogP contribution in [0.3, 0.4) is 0 Å². The molecule has 0 saturated carbocycles. The fourth-order valence-corrected chi connectivity index (χ4v) is 3.50. The average Bonchev–Trinajstić information content (AvgIpc) is 3.14. The number of hydrogen-bond donors (Lipinski definition) is 1. The van der Waals surface area contributed by atoms with Crippen LogP contribution in [-0.2, 0) is 11.8 Å². The quantitative estimate of drug-likeness (QED) is 0.704. The van der Waals surface area contributed by atoms with Crippen LogP contribution in [0, 0.1) is 6.92 Å². The van der Waals surface area contributed by atoms with Crippen molar-refractivity contribution in [2.24, 2.45) is 7.05 Å². The molecule has 0 unspecified atom stereocenters. The summed E-state index contributed by atoms with van der Waals surface area (Å²) in [7, 11) is 1.87. The molecule has 0 aliphatic rings. The van der Waals surface area contributed by atoms with Crippen LogP contribution in [0.5, 0.6) is 0 Å². The predicted octanol–water partition coefficient (Wildman–Crippen LogP) is 2.76. The van der Waals surface area contributed by atoms with Crippen LogP contribution in [0.15, 0.2) is 35.1 Å². The van der Waals surface area contributed by atoms with Gasteiger partial charge in [-0.25, -0.2) is 4.98 Å². The van der Waals surface area contributed by atoms with E-state index < -0.39 is 0 Å². The molecule has 9 heteroatoms. The zero-order valence-electron chi connectivity index (χ0n) is 13.4. The van der Waals surface area contributed by atoms with Gasteiger partial charge in [-0.2, -0.15) is 0 Å². The summed E-state index contributed by atoms with van der Waals surface area (Å²) >= 11 is 2.77. The van der Waals surface area contributed by atoms with Crippen LogP contribution in [-0.4, -0.2) is 35.9 Å². The topological polar surface area (TPSA) is 85.6 Å². The summed E-state index contributed by atoms with van der Waals surface area (Å²) in [5.41, 5.74) is 1.78. The molecule has 1 N–H and O–H groups in total. The molecular formula is C15H16N6OS2. The normalized spacial score (nSPS) is 12.1. The maximum atomic E-state index is 12.3. The molecule has 0 aliphatic heterocycles. The molecule has 3 rings (SSSR count). The Morgan fingerprint density at radius 1 is 1.42 bits per heavy atom. The number of nitrogens with one attached hydrogen (secondary N) is 1. The fourth-order valence-electron chi connectivity index (χ4n) is 1.99. The lowest BCUT2D eigenvalue weighted by Gasteiger charge is -2.10. The molecule has 0 aromatic carbocycles. The van der Waals surface area contributed by atoms with E-state index in [0.717, 1.165) is 11.3 Å². The number of amides is 1. The Labute approximate surface area is 147 Å². The van der Waals surface area contributed by atoms with Gasteiger partial charge >= 0.3 is 0 Å². The summed E-state index contributed by atoms with van der Waals surface area (Å²) in [5.74, 6) is 0.606. The summed E-state index contributed by atoms with van der Waals surface area (Å²) in [6, 6.07) is 3.77. The molecule has 1 amide bonds. The molecule has 3 aromatic rings. The molecule has 0 radical (unpaired) electrons. The van der Waals surface area contributed by atoms with Gasteiger partial charge in [-0.3, -0.25) is 9.78 Å². The van der Waals surface area contributed by atoms with Gasteiger partial charge in [0.05, 0.1) is 10.9 Å². The molecule has 124 valence electrons. The van der Waals surface area contributed by atoms with Crippen molar-refractivity contribution < 1.29 is 4.79 Å². The standard InChI is InChI=1S/C15H16N6OS2/c1-9-8-23-14(17-9)18-13(22)10(2)24-15-20-19-12(21(15)3)11-5-4-6-16-7-11/h4-8,10H,1-3H3,(H,17,18,22)/t10-/m1/s1. The van der Waals surface area contributed by atoms with Crippen molar-refractivity contribution in [3.63, 3.8) is 0 Å². The fraction of sp³-hybridized carbons (Fsp3) is 0.267. The minimum Gasteiger partial charge on any atom is -0.305 e. The van der Waals surface area contributed by atoms with Gasteiger partial charge in [0.2, 0.25) is 5.91 Å². The number of pyridine rings is 1. The maximum Gasteiger partial charge on any atom is 0.239 e. The van der Waals surface area contributed by atoms with Crippen molar-refractivity contribution >= 4 is 34.1 Å². The lowest BCUT2D eigenvalue weighted by Crippen LogP contribution is -2.22. The largest absolute Gasteiger partial charge is 0.305 e. The van der Waals surface area contributed by atoms with Gasteiger partial charge < -0.3 is 9.88 Å². The zero-order valence-corrected chi connectivity index (χ0v) is 15.1. The van der Waals surface area contributed by atoms with Crippen molar-refractivity contribution in [1.82, 2.24) is 24.7 Å². The van der Waals surface area contributed by atoms with Crippen molar-refractivity contribution in [1.29, 1.82) is 0 Å². The number of aryl methyl sites for hydroxylation is 1. The number of carbonyl (C=O) groups is 1. The highest BCUT2D eigenvalue weighted by Gasteiger charge is 2.20. The average molecular weight is 360 g/mol. The molecular weight excluding hydrogens is 344 g/mol. The van der Waals surface area contributed by atoms with Crippen LogP contribution in [0.2, 0.25) is 0 Å². The smallest absolute Gasteiger partial charge is 0.239 e. The second-order valence-electron chi connectivity index (χ2n) is 5.15. The third-order valence-electron chi connectivity index (χ3n) is 3.26. The van der Waals surface area contributed by atoms with Crippen LogP contribution >= 0.6 is 23.1 Å². The van der Waals surface area contributed by atoms with Gasteiger partial charge in [0.1, 0.15) is 0 Å². The Kier molecular flexibility index (Phi) is 4.91. The monoisotopic (exact) mass is 360 g/mol. The molecule has 0 saturated heterocycles. The molecule has 0 spiro atoms. The first-order valence-corrected chi connectivity index (χ1v) is 9.00. The van der Waals surface area contributed by atoms with E-state index in [2.05, 4.69) is 25.5 Å². The van der Waals surface area contributed by atoms with E-state index >= 15 is 0 Å². The Balaban J connectivity index is 1.69. The highest BCUT2D eigenvalue weighted by Crippen LogP contribution is 2.26. The molecule has 0 fully saturated rings. The first kappa shape index (κ1) is 16.6. The summed E-state index contributed by atoms with van der Waals surface area (Å²) in [4.78, 5) is 20.6. The van der Waals surface area contributed by atoms with Gasteiger partial charge in [0, 0.05) is 30.4 Å². The van der Waals surface area contributed by atoms with Gasteiger partial charge in [0.25, 0.3) is 0 Å². The van der Waals surface area contributed by atoms with Crippen LogP contribution in [0.4, 0.5) is 5.13 Å². The second-order valence-corrected chi connectivity index (χ2v) is 7.32. The Bertz CT molecular complexity index is 845. The Morgan fingerprint density at radius 2 is 2.25 bits per heavy atom. The van der Waals surface area contributed by atoms with E-state index in [4.69, 9.17) is 0 Å². The first-order valence-electron chi connectivity index (χ1n) is 7.24. The Morgan fingerprint density at radius 3 is 2.92 bits per heavy atom. The highest BCUT2D eigenvalue weighted by atomic mass is 32.2. The van der Waals surface area contributed by atoms with Gasteiger partial charge in [-0.05, 0) is 26.0 Å². The number of hydrogen-bond acceptors (Lipinski definition) is 7. The third-order valence-corrected chi connectivity index (χ3v) is 5.26. The molecule has 7 nitrogen and oxygen atoms in total. The lowest BCUT2D eigenvalue weighted by atomic mass is 10.3. The summed E-state index contributed by atoms with van der Waals surface area (Å²) < 4.78 is 1.86. The Hall–Kier alpha value is -2.26. The van der Waals surface area contributed by atoms with E-state index in [1.54, 1.807) is 12.4 Å². The van der Waals surface area contributed by atoms with E-state index in [-0.39, 0.29) is 11.2 Å². The van der Waals surface area contributed by atoms with E-state index in [1.807, 2.05) is 43.0 Å². The summed E-state index contributed by atoms with van der Waals surface area (Å²) in [6.07, 6.45) is 3.45. The minimum atomic E-state index is -0.321. The van der Waals surface area contributed by atoms with E-state index in [1.165, 1.54) is 23.1 Å². The number of thioether (sulfide) groups is 1.